The quantitative estimate of drug-likeness (QED) is 0.840. The summed E-state index contributed by atoms with van der Waals surface area (Å²) in [5.41, 5.74) is 1.07. The van der Waals surface area contributed by atoms with Crippen molar-refractivity contribution in [1.29, 1.82) is 0 Å². The lowest BCUT2D eigenvalue weighted by Crippen LogP contribution is -2.27. The lowest BCUT2D eigenvalue weighted by molar-refractivity contribution is 0.0603. The Morgan fingerprint density at radius 3 is 2.89 bits per heavy atom. The second kappa shape index (κ2) is 7.44. The van der Waals surface area contributed by atoms with E-state index in [1.807, 2.05) is 6.20 Å². The minimum atomic E-state index is 0.335. The van der Waals surface area contributed by atoms with E-state index in [2.05, 4.69) is 22.2 Å². The summed E-state index contributed by atoms with van der Waals surface area (Å²) < 4.78 is 5.42. The highest BCUT2D eigenvalue weighted by Gasteiger charge is 2.20. The fraction of sp³-hybridized carbons (Fsp3) is 0.714. The molecule has 1 aromatic heterocycles. The highest BCUT2D eigenvalue weighted by Crippen LogP contribution is 2.26. The van der Waals surface area contributed by atoms with Crippen LogP contribution in [0.2, 0.25) is 0 Å². The van der Waals surface area contributed by atoms with Crippen LogP contribution in [-0.4, -0.2) is 29.7 Å². The van der Waals surface area contributed by atoms with Crippen molar-refractivity contribution in [3.05, 3.63) is 24.3 Å². The van der Waals surface area contributed by atoms with E-state index in [0.717, 1.165) is 44.2 Å². The molecule has 1 aromatic rings. The van der Waals surface area contributed by atoms with Crippen LogP contribution in [0.1, 0.15) is 44.3 Å². The van der Waals surface area contributed by atoms with Crippen molar-refractivity contribution in [2.45, 2.75) is 38.6 Å². The highest BCUT2D eigenvalue weighted by molar-refractivity contribution is 5.02. The Morgan fingerprint density at radius 2 is 2.22 bits per heavy atom. The van der Waals surface area contributed by atoms with Crippen molar-refractivity contribution >= 4 is 0 Å². The topological polar surface area (TPSA) is 47.0 Å². The number of nitrogens with zero attached hydrogens (tertiary/aromatic N) is 2. The Kier molecular flexibility index (Phi) is 5.55. The minimum absolute atomic E-state index is 0.335. The van der Waals surface area contributed by atoms with Crippen LogP contribution < -0.4 is 5.32 Å². The fourth-order valence-electron chi connectivity index (χ4n) is 2.43. The normalized spacial score (nSPS) is 18.7. The maximum atomic E-state index is 5.42. The Balaban J connectivity index is 1.95. The third-order valence-electron chi connectivity index (χ3n) is 3.49. The molecule has 0 saturated carbocycles. The average Bonchev–Trinajstić information content (AvgIpc) is 2.45. The van der Waals surface area contributed by atoms with E-state index in [1.54, 1.807) is 12.4 Å². The van der Waals surface area contributed by atoms with Crippen LogP contribution in [0.25, 0.3) is 0 Å². The Labute approximate surface area is 109 Å². The monoisotopic (exact) mass is 249 g/mol. The van der Waals surface area contributed by atoms with Gasteiger partial charge >= 0.3 is 0 Å². The van der Waals surface area contributed by atoms with E-state index in [4.69, 9.17) is 4.74 Å². The second-order valence-corrected chi connectivity index (χ2v) is 4.93. The molecule has 1 N–H and O–H groups in total. The van der Waals surface area contributed by atoms with Gasteiger partial charge in [0.2, 0.25) is 0 Å². The summed E-state index contributed by atoms with van der Waals surface area (Å²) in [6.07, 6.45) is 10.0. The maximum absolute atomic E-state index is 5.42. The summed E-state index contributed by atoms with van der Waals surface area (Å²) in [6, 6.07) is 0.335. The molecule has 0 aliphatic carbocycles. The predicted octanol–water partition coefficient (Wildman–Crippen LogP) is 2.33. The molecular formula is C14H23N3O. The lowest BCUT2D eigenvalue weighted by Gasteiger charge is -2.27. The van der Waals surface area contributed by atoms with E-state index in [1.165, 1.54) is 12.8 Å². The molecule has 1 fully saturated rings. The Bertz CT molecular complexity index is 325. The number of rotatable bonds is 6. The minimum Gasteiger partial charge on any atom is -0.381 e. The van der Waals surface area contributed by atoms with E-state index < -0.39 is 0 Å². The van der Waals surface area contributed by atoms with Crippen molar-refractivity contribution < 1.29 is 4.74 Å². The van der Waals surface area contributed by atoms with Crippen molar-refractivity contribution in [2.24, 2.45) is 5.92 Å². The average molecular weight is 249 g/mol. The van der Waals surface area contributed by atoms with Crippen molar-refractivity contribution in [1.82, 2.24) is 15.3 Å². The third-order valence-corrected chi connectivity index (χ3v) is 3.49. The van der Waals surface area contributed by atoms with Gasteiger partial charge in [0, 0.05) is 31.8 Å². The van der Waals surface area contributed by atoms with Gasteiger partial charge in [0.1, 0.15) is 0 Å². The first-order valence-electron chi connectivity index (χ1n) is 6.97. The fourth-order valence-corrected chi connectivity index (χ4v) is 2.43. The van der Waals surface area contributed by atoms with Gasteiger partial charge in [0.15, 0.2) is 0 Å². The summed E-state index contributed by atoms with van der Waals surface area (Å²) >= 11 is 0. The Hall–Kier alpha value is -1.00. The van der Waals surface area contributed by atoms with Gasteiger partial charge in [-0.25, -0.2) is 0 Å². The lowest BCUT2D eigenvalue weighted by atomic mass is 9.91. The third kappa shape index (κ3) is 4.03. The standard InChI is InChI=1S/C14H23N3O/c1-2-5-16-13(14-11-15-6-7-17-14)10-12-3-8-18-9-4-12/h6-7,11-13,16H,2-5,8-10H2,1H3. The van der Waals surface area contributed by atoms with E-state index >= 15 is 0 Å². The molecule has 4 nitrogen and oxygen atoms in total. The summed E-state index contributed by atoms with van der Waals surface area (Å²) in [7, 11) is 0. The van der Waals surface area contributed by atoms with Crippen LogP contribution in [0.15, 0.2) is 18.6 Å². The van der Waals surface area contributed by atoms with Gasteiger partial charge in [0.05, 0.1) is 11.7 Å². The second-order valence-electron chi connectivity index (χ2n) is 4.93. The first kappa shape index (κ1) is 13.4. The van der Waals surface area contributed by atoms with Gasteiger partial charge in [-0.15, -0.1) is 0 Å². The van der Waals surface area contributed by atoms with Gasteiger partial charge < -0.3 is 10.1 Å². The van der Waals surface area contributed by atoms with Crippen LogP contribution in [0.3, 0.4) is 0 Å². The number of hydrogen-bond acceptors (Lipinski definition) is 4. The number of nitrogens with one attached hydrogen (secondary N) is 1. The van der Waals surface area contributed by atoms with Gasteiger partial charge in [-0.2, -0.15) is 0 Å². The van der Waals surface area contributed by atoms with E-state index in [0.29, 0.717) is 6.04 Å². The maximum Gasteiger partial charge on any atom is 0.0756 e. The number of ether oxygens (including phenoxy) is 1. The van der Waals surface area contributed by atoms with Gasteiger partial charge in [0.25, 0.3) is 0 Å². The highest BCUT2D eigenvalue weighted by atomic mass is 16.5. The zero-order chi connectivity index (χ0) is 12.6. The molecule has 1 unspecified atom stereocenters. The molecule has 0 aromatic carbocycles. The number of hydrogen-bond donors (Lipinski definition) is 1. The largest absolute Gasteiger partial charge is 0.381 e. The van der Waals surface area contributed by atoms with Crippen LogP contribution in [0.5, 0.6) is 0 Å². The Morgan fingerprint density at radius 1 is 1.39 bits per heavy atom. The number of aromatic nitrogens is 2. The van der Waals surface area contributed by atoms with Gasteiger partial charge in [-0.1, -0.05) is 6.92 Å². The SMILES string of the molecule is CCCNC(CC1CCOCC1)c1cnccn1. The van der Waals surface area contributed by atoms with E-state index in [-0.39, 0.29) is 0 Å². The smallest absolute Gasteiger partial charge is 0.0756 e. The molecule has 1 saturated heterocycles. The molecule has 18 heavy (non-hydrogen) atoms. The molecule has 1 aliphatic heterocycles. The summed E-state index contributed by atoms with van der Waals surface area (Å²) in [6.45, 7) is 5.04. The van der Waals surface area contributed by atoms with Gasteiger partial charge in [-0.05, 0) is 38.1 Å². The zero-order valence-electron chi connectivity index (χ0n) is 11.1. The molecule has 1 aliphatic rings. The summed E-state index contributed by atoms with van der Waals surface area (Å²) in [5, 5.41) is 3.59. The predicted molar refractivity (Wildman–Crippen MR) is 71.2 cm³/mol. The molecule has 0 amide bonds. The summed E-state index contributed by atoms with van der Waals surface area (Å²) in [4.78, 5) is 8.62. The molecule has 2 rings (SSSR count). The van der Waals surface area contributed by atoms with Crippen LogP contribution in [0.4, 0.5) is 0 Å². The molecule has 4 heteroatoms. The zero-order valence-corrected chi connectivity index (χ0v) is 11.1. The molecule has 1 atom stereocenters. The molecule has 0 bridgehead atoms. The van der Waals surface area contributed by atoms with Gasteiger partial charge in [-0.3, -0.25) is 9.97 Å². The van der Waals surface area contributed by atoms with Crippen molar-refractivity contribution in [3.63, 3.8) is 0 Å². The molecular weight excluding hydrogens is 226 g/mol. The first-order valence-corrected chi connectivity index (χ1v) is 6.97. The molecule has 0 spiro atoms. The van der Waals surface area contributed by atoms with E-state index in [9.17, 15) is 0 Å². The molecule has 2 heterocycles. The van der Waals surface area contributed by atoms with Crippen LogP contribution >= 0.6 is 0 Å². The van der Waals surface area contributed by atoms with Crippen molar-refractivity contribution in [2.75, 3.05) is 19.8 Å². The van der Waals surface area contributed by atoms with Crippen molar-refractivity contribution in [3.8, 4) is 0 Å². The first-order chi connectivity index (χ1) is 8.90. The van der Waals surface area contributed by atoms with Crippen LogP contribution in [0, 0.1) is 5.92 Å². The summed E-state index contributed by atoms with van der Waals surface area (Å²) in [5.74, 6) is 0.745. The molecule has 100 valence electrons. The molecule has 0 radical (unpaired) electrons. The van der Waals surface area contributed by atoms with Crippen LogP contribution in [-0.2, 0) is 4.74 Å².